The van der Waals surface area contributed by atoms with Crippen LogP contribution >= 0.6 is 24.8 Å². The van der Waals surface area contributed by atoms with Crippen LogP contribution in [0.4, 0.5) is 0 Å². The predicted molar refractivity (Wildman–Crippen MR) is 93.2 cm³/mol. The Hall–Kier alpha value is -1.63. The molecule has 0 amide bonds. The molecule has 5 nitrogen and oxygen atoms in total. The Morgan fingerprint density at radius 2 is 1.39 bits per heavy atom. The maximum atomic E-state index is 12.1. The molecular formula is C16H20Cl2N2O3. The first-order chi connectivity index (χ1) is 10.2. The van der Waals surface area contributed by atoms with Gasteiger partial charge in [0.05, 0.1) is 0 Å². The van der Waals surface area contributed by atoms with E-state index in [1.807, 2.05) is 60.7 Å². The van der Waals surface area contributed by atoms with Crippen LogP contribution in [0, 0.1) is 0 Å². The molecule has 0 saturated carbocycles. The largest absolute Gasteiger partial charge is 0.451 e. The van der Waals surface area contributed by atoms with Crippen molar-refractivity contribution < 1.29 is 14.5 Å². The third-order valence-corrected chi connectivity index (χ3v) is 3.04. The van der Waals surface area contributed by atoms with Crippen molar-refractivity contribution in [3.8, 4) is 0 Å². The van der Waals surface area contributed by atoms with E-state index in [0.29, 0.717) is 0 Å². The van der Waals surface area contributed by atoms with Gasteiger partial charge in [-0.2, -0.15) is 11.4 Å². The number of nitrogens with one attached hydrogen (secondary N) is 1. The van der Waals surface area contributed by atoms with Crippen LogP contribution < -0.4 is 11.4 Å². The second kappa shape index (κ2) is 11.0. The van der Waals surface area contributed by atoms with Crippen LogP contribution in [0.15, 0.2) is 60.7 Å². The fraction of sp³-hybridized carbons (Fsp3) is 0.188. The fourth-order valence-electron chi connectivity index (χ4n) is 1.95. The third kappa shape index (κ3) is 6.17. The lowest BCUT2D eigenvalue weighted by Gasteiger charge is -2.21. The molecule has 2 aromatic rings. The lowest BCUT2D eigenvalue weighted by atomic mass is 10.0. The number of ether oxygens (including phenoxy) is 1. The summed E-state index contributed by atoms with van der Waals surface area (Å²) in [5.74, 6) is 4.46. The van der Waals surface area contributed by atoms with E-state index >= 15 is 0 Å². The summed E-state index contributed by atoms with van der Waals surface area (Å²) in [7, 11) is 0. The van der Waals surface area contributed by atoms with Crippen LogP contribution in [0.1, 0.15) is 24.2 Å². The Balaban J connectivity index is 0.00000242. The van der Waals surface area contributed by atoms with Crippen molar-refractivity contribution >= 4 is 30.8 Å². The number of halogens is 2. The Morgan fingerprint density at radius 1 is 0.957 bits per heavy atom. The highest BCUT2D eigenvalue weighted by Gasteiger charge is 2.22. The van der Waals surface area contributed by atoms with Crippen LogP contribution in [-0.2, 0) is 14.5 Å². The summed E-state index contributed by atoms with van der Waals surface area (Å²) in [6, 6.07) is 18.5. The zero-order valence-corrected chi connectivity index (χ0v) is 14.2. The van der Waals surface area contributed by atoms with E-state index < -0.39 is 18.1 Å². The van der Waals surface area contributed by atoms with E-state index in [9.17, 15) is 4.79 Å². The Labute approximate surface area is 147 Å². The molecule has 0 saturated heterocycles. The van der Waals surface area contributed by atoms with Gasteiger partial charge in [-0.1, -0.05) is 60.7 Å². The Kier molecular flexibility index (Phi) is 10.2. The first-order valence-electron chi connectivity index (χ1n) is 6.64. The van der Waals surface area contributed by atoms with Gasteiger partial charge in [-0.3, -0.25) is 4.79 Å². The summed E-state index contributed by atoms with van der Waals surface area (Å²) in [5, 5.41) is 0. The van der Waals surface area contributed by atoms with Gasteiger partial charge in [-0.15, -0.1) is 24.8 Å². The molecule has 7 heteroatoms. The van der Waals surface area contributed by atoms with Gasteiger partial charge in [0.1, 0.15) is 6.04 Å². The quantitative estimate of drug-likeness (QED) is 0.613. The molecule has 3 N–H and O–H groups in total. The van der Waals surface area contributed by atoms with Crippen LogP contribution in [-0.4, -0.2) is 12.0 Å². The minimum atomic E-state index is -0.662. The summed E-state index contributed by atoms with van der Waals surface area (Å²) < 4.78 is 5.60. The maximum absolute atomic E-state index is 12.1. The van der Waals surface area contributed by atoms with E-state index in [2.05, 4.69) is 10.4 Å². The zero-order valence-electron chi connectivity index (χ0n) is 12.5. The fourth-order valence-corrected chi connectivity index (χ4v) is 1.95. The lowest BCUT2D eigenvalue weighted by Crippen LogP contribution is -2.37. The molecular weight excluding hydrogens is 339 g/mol. The van der Waals surface area contributed by atoms with E-state index in [1.54, 1.807) is 6.92 Å². The van der Waals surface area contributed by atoms with Gasteiger partial charge in [-0.05, 0) is 18.1 Å². The van der Waals surface area contributed by atoms with Gasteiger partial charge in [0, 0.05) is 0 Å². The number of rotatable bonds is 6. The number of benzene rings is 2. The number of hydroxylamine groups is 1. The molecule has 2 rings (SSSR count). The summed E-state index contributed by atoms with van der Waals surface area (Å²) in [4.78, 5) is 16.3. The molecule has 0 radical (unpaired) electrons. The molecule has 0 aliphatic rings. The standard InChI is InChI=1S/C16H18N2O3.2ClH/c1-12(18-21-17)16(19)20-15(13-8-4-2-5-9-13)14-10-6-3-7-11-14;;/h2-12,15,18H,17H2,1H3;2*1H/t12-;;/m1../s1. The van der Waals surface area contributed by atoms with Crippen molar-refractivity contribution in [1.29, 1.82) is 0 Å². The molecule has 0 bridgehead atoms. The van der Waals surface area contributed by atoms with Crippen molar-refractivity contribution in [3.63, 3.8) is 0 Å². The summed E-state index contributed by atoms with van der Waals surface area (Å²) in [6.45, 7) is 1.61. The average molecular weight is 359 g/mol. The molecule has 23 heavy (non-hydrogen) atoms. The monoisotopic (exact) mass is 358 g/mol. The van der Waals surface area contributed by atoms with Gasteiger partial charge in [0.15, 0.2) is 6.10 Å². The van der Waals surface area contributed by atoms with Crippen LogP contribution in [0.2, 0.25) is 0 Å². The minimum Gasteiger partial charge on any atom is -0.451 e. The molecule has 0 spiro atoms. The normalized spacial score (nSPS) is 11.1. The Morgan fingerprint density at radius 3 is 1.78 bits per heavy atom. The minimum absolute atomic E-state index is 0. The van der Waals surface area contributed by atoms with Crippen LogP contribution in [0.3, 0.4) is 0 Å². The number of hydrogen-bond donors (Lipinski definition) is 2. The molecule has 0 heterocycles. The number of carbonyl (C=O) groups is 1. The molecule has 0 unspecified atom stereocenters. The van der Waals surface area contributed by atoms with E-state index in [-0.39, 0.29) is 24.8 Å². The van der Waals surface area contributed by atoms with Gasteiger partial charge in [0.25, 0.3) is 0 Å². The highest BCUT2D eigenvalue weighted by atomic mass is 35.5. The SMILES string of the molecule is C[C@@H](NON)C(=O)OC(c1ccccc1)c1ccccc1.Cl.Cl. The van der Waals surface area contributed by atoms with E-state index in [4.69, 9.17) is 10.6 Å². The average Bonchev–Trinajstić information content (AvgIpc) is 2.54. The molecule has 0 aromatic heterocycles. The lowest BCUT2D eigenvalue weighted by molar-refractivity contribution is -0.154. The molecule has 126 valence electrons. The van der Waals surface area contributed by atoms with Crippen molar-refractivity contribution in [2.45, 2.75) is 19.1 Å². The smallest absolute Gasteiger partial charge is 0.326 e. The van der Waals surface area contributed by atoms with E-state index in [0.717, 1.165) is 11.1 Å². The van der Waals surface area contributed by atoms with Crippen molar-refractivity contribution in [2.24, 2.45) is 5.90 Å². The first kappa shape index (κ1) is 21.4. The molecule has 0 fully saturated rings. The van der Waals surface area contributed by atoms with Gasteiger partial charge in [0.2, 0.25) is 0 Å². The highest BCUT2D eigenvalue weighted by molar-refractivity contribution is 5.85. The molecule has 2 aromatic carbocycles. The highest BCUT2D eigenvalue weighted by Crippen LogP contribution is 2.26. The van der Waals surface area contributed by atoms with Gasteiger partial charge in [-0.25, -0.2) is 4.94 Å². The number of hydrogen-bond acceptors (Lipinski definition) is 5. The molecule has 0 aliphatic heterocycles. The second-order valence-electron chi connectivity index (χ2n) is 4.60. The van der Waals surface area contributed by atoms with Crippen LogP contribution in [0.25, 0.3) is 0 Å². The predicted octanol–water partition coefficient (Wildman–Crippen LogP) is 2.95. The van der Waals surface area contributed by atoms with Gasteiger partial charge >= 0.3 is 5.97 Å². The van der Waals surface area contributed by atoms with Gasteiger partial charge < -0.3 is 4.74 Å². The third-order valence-electron chi connectivity index (χ3n) is 3.04. The topological polar surface area (TPSA) is 73.6 Å². The zero-order chi connectivity index (χ0) is 15.1. The number of nitrogens with two attached hydrogens (primary N) is 1. The van der Waals surface area contributed by atoms with Crippen molar-refractivity contribution in [2.75, 3.05) is 0 Å². The summed E-state index contributed by atoms with van der Waals surface area (Å²) in [5.41, 5.74) is 4.16. The number of carbonyl (C=O) groups excluding carboxylic acids is 1. The van der Waals surface area contributed by atoms with Crippen LogP contribution in [0.5, 0.6) is 0 Å². The first-order valence-corrected chi connectivity index (χ1v) is 6.64. The maximum Gasteiger partial charge on any atom is 0.326 e. The molecule has 0 aliphatic carbocycles. The summed E-state index contributed by atoms with van der Waals surface area (Å²) >= 11 is 0. The summed E-state index contributed by atoms with van der Waals surface area (Å²) in [6.07, 6.45) is -0.470. The van der Waals surface area contributed by atoms with Crippen molar-refractivity contribution in [1.82, 2.24) is 5.48 Å². The molecule has 1 atom stereocenters. The van der Waals surface area contributed by atoms with Crippen molar-refractivity contribution in [3.05, 3.63) is 71.8 Å². The number of esters is 1. The Bertz CT molecular complexity index is 531. The van der Waals surface area contributed by atoms with E-state index in [1.165, 1.54) is 0 Å². The second-order valence-corrected chi connectivity index (χ2v) is 4.60.